The number of carbonyl (C=O) groups is 1. The van der Waals surface area contributed by atoms with Crippen molar-refractivity contribution in [3.8, 4) is 0 Å². The quantitative estimate of drug-likeness (QED) is 0.475. The van der Waals surface area contributed by atoms with Crippen molar-refractivity contribution < 1.29 is 9.18 Å². The zero-order chi connectivity index (χ0) is 19.7. The van der Waals surface area contributed by atoms with E-state index in [9.17, 15) is 9.18 Å². The van der Waals surface area contributed by atoms with Gasteiger partial charge in [0.2, 0.25) is 5.91 Å². The van der Waals surface area contributed by atoms with E-state index < -0.39 is 0 Å². The number of carbonyl (C=O) groups excluding carboxylic acids is 1. The Labute approximate surface area is 166 Å². The number of rotatable bonds is 5. The molecule has 2 atom stereocenters. The van der Waals surface area contributed by atoms with Crippen LogP contribution < -0.4 is 5.32 Å². The van der Waals surface area contributed by atoms with E-state index >= 15 is 0 Å². The predicted octanol–water partition coefficient (Wildman–Crippen LogP) is 5.11. The fourth-order valence-electron chi connectivity index (χ4n) is 2.79. The number of benzene rings is 1. The van der Waals surface area contributed by atoms with Crippen LogP contribution >= 0.6 is 23.1 Å². The van der Waals surface area contributed by atoms with Crippen molar-refractivity contribution >= 4 is 39.2 Å². The fraction of sp³-hybridized carbons (Fsp3) is 0.350. The number of amides is 1. The first-order valence-corrected chi connectivity index (χ1v) is 10.4. The Hall–Kier alpha value is -1.99. The monoisotopic (exact) mass is 403 g/mol. The lowest BCUT2D eigenvalue weighted by Gasteiger charge is -2.18. The van der Waals surface area contributed by atoms with Gasteiger partial charge in [-0.25, -0.2) is 14.4 Å². The summed E-state index contributed by atoms with van der Waals surface area (Å²) in [5.41, 5.74) is 2.04. The Morgan fingerprint density at radius 2 is 1.81 bits per heavy atom. The lowest BCUT2D eigenvalue weighted by Crippen LogP contribution is -2.33. The molecule has 0 unspecified atom stereocenters. The van der Waals surface area contributed by atoms with E-state index in [-0.39, 0.29) is 23.0 Å². The zero-order valence-electron chi connectivity index (χ0n) is 16.0. The highest BCUT2D eigenvalue weighted by Gasteiger charge is 2.21. The highest BCUT2D eigenvalue weighted by molar-refractivity contribution is 8.00. The molecule has 0 aliphatic carbocycles. The Kier molecular flexibility index (Phi) is 5.81. The summed E-state index contributed by atoms with van der Waals surface area (Å²) in [5.74, 6) is 0.343. The van der Waals surface area contributed by atoms with E-state index in [2.05, 4.69) is 29.1 Å². The summed E-state index contributed by atoms with van der Waals surface area (Å²) in [6.45, 7) is 9.77. The molecule has 2 aromatic heterocycles. The van der Waals surface area contributed by atoms with Gasteiger partial charge in [0.15, 0.2) is 0 Å². The average molecular weight is 404 g/mol. The molecular weight excluding hydrogens is 381 g/mol. The van der Waals surface area contributed by atoms with Crippen molar-refractivity contribution in [3.63, 3.8) is 0 Å². The summed E-state index contributed by atoms with van der Waals surface area (Å²) in [4.78, 5) is 24.0. The lowest BCUT2D eigenvalue weighted by atomic mass is 10.1. The van der Waals surface area contributed by atoms with Gasteiger partial charge in [0.05, 0.1) is 11.3 Å². The number of thioether (sulfide) groups is 1. The number of nitrogens with zero attached hydrogens (tertiary/aromatic N) is 2. The van der Waals surface area contributed by atoms with Crippen LogP contribution in [-0.4, -0.2) is 21.1 Å². The molecule has 1 N–H and O–H groups in total. The number of fused-ring (bicyclic) bond motifs is 1. The Morgan fingerprint density at radius 3 is 2.48 bits per heavy atom. The number of hydrogen-bond donors (Lipinski definition) is 1. The van der Waals surface area contributed by atoms with Gasteiger partial charge in [0.1, 0.15) is 21.5 Å². The van der Waals surface area contributed by atoms with Crippen LogP contribution in [0, 0.1) is 26.6 Å². The summed E-state index contributed by atoms with van der Waals surface area (Å²) in [7, 11) is 0. The molecule has 1 amide bonds. The molecule has 0 bridgehead atoms. The van der Waals surface area contributed by atoms with Crippen LogP contribution in [0.3, 0.4) is 0 Å². The molecule has 0 fully saturated rings. The van der Waals surface area contributed by atoms with Gasteiger partial charge in [0.25, 0.3) is 0 Å². The van der Waals surface area contributed by atoms with Crippen molar-refractivity contribution in [3.05, 3.63) is 51.9 Å². The maximum absolute atomic E-state index is 13.1. The van der Waals surface area contributed by atoms with Crippen molar-refractivity contribution in [2.24, 2.45) is 0 Å². The smallest absolute Gasteiger partial charge is 0.233 e. The van der Waals surface area contributed by atoms with Gasteiger partial charge in [0, 0.05) is 10.3 Å². The second-order valence-electron chi connectivity index (χ2n) is 6.58. The van der Waals surface area contributed by atoms with Gasteiger partial charge in [-0.1, -0.05) is 23.9 Å². The molecule has 4 nitrogen and oxygen atoms in total. The van der Waals surface area contributed by atoms with Gasteiger partial charge >= 0.3 is 0 Å². The van der Waals surface area contributed by atoms with Crippen LogP contribution in [0.15, 0.2) is 29.3 Å². The van der Waals surface area contributed by atoms with Gasteiger partial charge < -0.3 is 5.32 Å². The molecule has 27 heavy (non-hydrogen) atoms. The maximum atomic E-state index is 13.1. The fourth-order valence-corrected chi connectivity index (χ4v) is 4.99. The third kappa shape index (κ3) is 4.30. The molecule has 0 aliphatic rings. The first kappa shape index (κ1) is 19.8. The van der Waals surface area contributed by atoms with Crippen molar-refractivity contribution in [2.75, 3.05) is 0 Å². The predicted molar refractivity (Wildman–Crippen MR) is 110 cm³/mol. The molecule has 1 aromatic carbocycles. The minimum atomic E-state index is -0.315. The number of aryl methyl sites for hydroxylation is 3. The molecule has 7 heteroatoms. The minimum absolute atomic E-state index is 0.0779. The van der Waals surface area contributed by atoms with Crippen molar-refractivity contribution in [1.82, 2.24) is 15.3 Å². The summed E-state index contributed by atoms with van der Waals surface area (Å²) in [5, 5.41) is 4.57. The third-order valence-corrected chi connectivity index (χ3v) is 6.68. The standard InChI is InChI=1S/C20H22FN3OS2/c1-10-12(3)26-19-17(10)20(24-14(5)23-19)27-13(4)18(25)22-11(2)15-6-8-16(21)9-7-15/h6-9,11,13H,1-5H3,(H,22,25)/t11-,13-/m1/s1. The second kappa shape index (κ2) is 7.94. The summed E-state index contributed by atoms with van der Waals surface area (Å²) < 4.78 is 13.1. The zero-order valence-corrected chi connectivity index (χ0v) is 17.6. The number of hydrogen-bond acceptors (Lipinski definition) is 5. The van der Waals surface area contributed by atoms with E-state index in [0.29, 0.717) is 5.82 Å². The van der Waals surface area contributed by atoms with E-state index in [0.717, 1.165) is 20.8 Å². The number of nitrogens with one attached hydrogen (secondary N) is 1. The highest BCUT2D eigenvalue weighted by atomic mass is 32.2. The molecule has 3 rings (SSSR count). The van der Waals surface area contributed by atoms with Gasteiger partial charge in [-0.15, -0.1) is 11.3 Å². The average Bonchev–Trinajstić information content (AvgIpc) is 2.89. The summed E-state index contributed by atoms with van der Waals surface area (Å²) >= 11 is 3.10. The molecular formula is C20H22FN3OS2. The Balaban J connectivity index is 1.77. The number of aromatic nitrogens is 2. The van der Waals surface area contributed by atoms with E-state index in [1.54, 1.807) is 23.5 Å². The van der Waals surface area contributed by atoms with Crippen LogP contribution in [0.5, 0.6) is 0 Å². The van der Waals surface area contributed by atoms with E-state index in [1.807, 2.05) is 20.8 Å². The van der Waals surface area contributed by atoms with E-state index in [4.69, 9.17) is 0 Å². The Morgan fingerprint density at radius 1 is 1.15 bits per heavy atom. The Bertz CT molecular complexity index is 985. The van der Waals surface area contributed by atoms with Gasteiger partial charge in [-0.2, -0.15) is 0 Å². The molecule has 142 valence electrons. The molecule has 0 saturated carbocycles. The molecule has 0 radical (unpaired) electrons. The first-order valence-electron chi connectivity index (χ1n) is 8.73. The van der Waals surface area contributed by atoms with Crippen LogP contribution in [-0.2, 0) is 4.79 Å². The first-order chi connectivity index (χ1) is 12.8. The summed E-state index contributed by atoms with van der Waals surface area (Å²) in [6.07, 6.45) is 0. The van der Waals surface area contributed by atoms with Gasteiger partial charge in [-0.05, 0) is 57.9 Å². The van der Waals surface area contributed by atoms with E-state index in [1.165, 1.54) is 34.3 Å². The van der Waals surface area contributed by atoms with Crippen molar-refractivity contribution in [1.29, 1.82) is 0 Å². The molecule has 0 saturated heterocycles. The molecule has 2 heterocycles. The second-order valence-corrected chi connectivity index (χ2v) is 9.11. The molecule has 0 aliphatic heterocycles. The highest BCUT2D eigenvalue weighted by Crippen LogP contribution is 2.36. The largest absolute Gasteiger partial charge is 0.349 e. The summed E-state index contributed by atoms with van der Waals surface area (Å²) in [6, 6.07) is 5.98. The lowest BCUT2D eigenvalue weighted by molar-refractivity contribution is -0.120. The van der Waals surface area contributed by atoms with Crippen LogP contribution in [0.1, 0.15) is 41.7 Å². The van der Waals surface area contributed by atoms with Crippen LogP contribution in [0.4, 0.5) is 4.39 Å². The van der Waals surface area contributed by atoms with Gasteiger partial charge in [-0.3, -0.25) is 4.79 Å². The maximum Gasteiger partial charge on any atom is 0.233 e. The van der Waals surface area contributed by atoms with Crippen molar-refractivity contribution in [2.45, 2.75) is 50.9 Å². The SMILES string of the molecule is Cc1nc(S[C@H](C)C(=O)N[C@H](C)c2ccc(F)cc2)c2c(C)c(C)sc2n1. The number of thiophene rings is 1. The molecule has 3 aromatic rings. The third-order valence-electron chi connectivity index (χ3n) is 4.49. The molecule has 0 spiro atoms. The van der Waals surface area contributed by atoms with Crippen LogP contribution in [0.25, 0.3) is 10.2 Å². The number of halogens is 1. The minimum Gasteiger partial charge on any atom is -0.349 e. The topological polar surface area (TPSA) is 54.9 Å². The normalized spacial score (nSPS) is 13.6. The van der Waals surface area contributed by atoms with Crippen LogP contribution in [0.2, 0.25) is 0 Å².